The van der Waals surface area contributed by atoms with Gasteiger partial charge in [-0.2, -0.15) is 0 Å². The van der Waals surface area contributed by atoms with Gasteiger partial charge in [-0.1, -0.05) is 16.8 Å². The Hall–Kier alpha value is -1.49. The van der Waals surface area contributed by atoms with Crippen molar-refractivity contribution in [1.82, 2.24) is 5.32 Å². The van der Waals surface area contributed by atoms with Crippen molar-refractivity contribution in [1.29, 1.82) is 0 Å². The third-order valence-electron chi connectivity index (χ3n) is 1.24. The van der Waals surface area contributed by atoms with Gasteiger partial charge >= 0.3 is 6.09 Å². The standard InChI is InChI=1S/C8H9ClN2O3/c1-6(9)11-14-8(12)10-5-7-3-2-4-13-7/h2-4H,5H2,1H3,(H,10,12). The molecule has 6 heteroatoms. The Balaban J connectivity index is 2.25. The first-order valence-corrected chi connectivity index (χ1v) is 4.23. The molecule has 1 amide bonds. The van der Waals surface area contributed by atoms with E-state index in [1.165, 1.54) is 13.2 Å². The van der Waals surface area contributed by atoms with Gasteiger partial charge in [-0.3, -0.25) is 4.84 Å². The molecule has 0 spiro atoms. The highest BCUT2D eigenvalue weighted by Gasteiger charge is 2.02. The zero-order valence-electron chi connectivity index (χ0n) is 7.49. The molecule has 0 saturated carbocycles. The van der Waals surface area contributed by atoms with Crippen LogP contribution in [0.3, 0.4) is 0 Å². The van der Waals surface area contributed by atoms with Crippen LogP contribution in [0.4, 0.5) is 4.79 Å². The maximum atomic E-state index is 10.9. The Kier molecular flexibility index (Phi) is 4.00. The molecule has 1 heterocycles. The van der Waals surface area contributed by atoms with Crippen LogP contribution in [0.5, 0.6) is 0 Å². The molecule has 0 aliphatic carbocycles. The third-order valence-corrected chi connectivity index (χ3v) is 1.31. The molecule has 1 rings (SSSR count). The number of oxime groups is 1. The van der Waals surface area contributed by atoms with E-state index in [4.69, 9.17) is 16.0 Å². The first-order valence-electron chi connectivity index (χ1n) is 3.86. The molecule has 1 N–H and O–H groups in total. The van der Waals surface area contributed by atoms with E-state index in [0.29, 0.717) is 5.76 Å². The van der Waals surface area contributed by atoms with Gasteiger partial charge in [-0.05, 0) is 19.1 Å². The van der Waals surface area contributed by atoms with Gasteiger partial charge < -0.3 is 9.73 Å². The van der Waals surface area contributed by atoms with Crippen LogP contribution >= 0.6 is 11.6 Å². The molecular weight excluding hydrogens is 208 g/mol. The molecule has 1 aromatic rings. The number of furan rings is 1. The monoisotopic (exact) mass is 216 g/mol. The van der Waals surface area contributed by atoms with Crippen LogP contribution in [-0.2, 0) is 11.4 Å². The van der Waals surface area contributed by atoms with Crippen molar-refractivity contribution in [3.05, 3.63) is 24.2 Å². The highest BCUT2D eigenvalue weighted by molar-refractivity contribution is 6.64. The van der Waals surface area contributed by atoms with Crippen LogP contribution in [0.15, 0.2) is 28.0 Å². The second kappa shape index (κ2) is 5.29. The summed E-state index contributed by atoms with van der Waals surface area (Å²) in [7, 11) is 0. The lowest BCUT2D eigenvalue weighted by atomic mass is 10.4. The number of rotatable bonds is 3. The summed E-state index contributed by atoms with van der Waals surface area (Å²) in [6.07, 6.45) is 0.838. The van der Waals surface area contributed by atoms with Crippen LogP contribution in [0.25, 0.3) is 0 Å². The molecule has 0 radical (unpaired) electrons. The van der Waals surface area contributed by atoms with Crippen molar-refractivity contribution in [3.63, 3.8) is 0 Å². The summed E-state index contributed by atoms with van der Waals surface area (Å²) < 4.78 is 4.98. The molecule has 76 valence electrons. The van der Waals surface area contributed by atoms with E-state index < -0.39 is 6.09 Å². The summed E-state index contributed by atoms with van der Waals surface area (Å²) >= 11 is 5.35. The van der Waals surface area contributed by atoms with Crippen LogP contribution in [-0.4, -0.2) is 11.3 Å². The predicted molar refractivity (Wildman–Crippen MR) is 51.0 cm³/mol. The summed E-state index contributed by atoms with van der Waals surface area (Å²) in [5, 5.41) is 5.83. The number of nitrogens with one attached hydrogen (secondary N) is 1. The molecule has 0 aliphatic rings. The minimum atomic E-state index is -0.679. The van der Waals surface area contributed by atoms with Crippen molar-refractivity contribution in [2.24, 2.45) is 5.16 Å². The van der Waals surface area contributed by atoms with Crippen molar-refractivity contribution in [2.45, 2.75) is 13.5 Å². The van der Waals surface area contributed by atoms with Crippen LogP contribution in [0.1, 0.15) is 12.7 Å². The highest BCUT2D eigenvalue weighted by Crippen LogP contribution is 1.98. The molecule has 5 nitrogen and oxygen atoms in total. The number of carbonyl (C=O) groups excluding carboxylic acids is 1. The molecule has 0 fully saturated rings. The van der Waals surface area contributed by atoms with Crippen LogP contribution in [0, 0.1) is 0 Å². The van der Waals surface area contributed by atoms with E-state index in [1.54, 1.807) is 12.1 Å². The van der Waals surface area contributed by atoms with Crippen molar-refractivity contribution in [2.75, 3.05) is 0 Å². The quantitative estimate of drug-likeness (QED) is 0.478. The molecule has 0 aliphatic heterocycles. The van der Waals surface area contributed by atoms with E-state index in [-0.39, 0.29) is 11.7 Å². The van der Waals surface area contributed by atoms with Gasteiger partial charge in [-0.15, -0.1) is 0 Å². The zero-order valence-corrected chi connectivity index (χ0v) is 8.25. The molecule has 0 bridgehead atoms. The summed E-state index contributed by atoms with van der Waals surface area (Å²) in [6, 6.07) is 3.46. The summed E-state index contributed by atoms with van der Waals surface area (Å²) in [5.74, 6) is 0.633. The Morgan fingerprint density at radius 3 is 3.14 bits per heavy atom. The average molecular weight is 217 g/mol. The summed E-state index contributed by atoms with van der Waals surface area (Å²) in [6.45, 7) is 1.75. The largest absolute Gasteiger partial charge is 0.467 e. The van der Waals surface area contributed by atoms with E-state index in [1.807, 2.05) is 0 Å². The predicted octanol–water partition coefficient (Wildman–Crippen LogP) is 2.08. The van der Waals surface area contributed by atoms with E-state index in [9.17, 15) is 4.79 Å². The van der Waals surface area contributed by atoms with Crippen molar-refractivity contribution < 1.29 is 14.0 Å². The van der Waals surface area contributed by atoms with Gasteiger partial charge in [-0.25, -0.2) is 4.79 Å². The molecule has 0 atom stereocenters. The van der Waals surface area contributed by atoms with Crippen LogP contribution < -0.4 is 5.32 Å². The number of hydrogen-bond donors (Lipinski definition) is 1. The van der Waals surface area contributed by atoms with Gasteiger partial charge in [0.2, 0.25) is 0 Å². The zero-order chi connectivity index (χ0) is 10.4. The lowest BCUT2D eigenvalue weighted by molar-refractivity contribution is 0.149. The average Bonchev–Trinajstić information content (AvgIpc) is 2.63. The Morgan fingerprint density at radius 1 is 1.79 bits per heavy atom. The maximum absolute atomic E-state index is 10.9. The normalized spacial score (nSPS) is 11.1. The van der Waals surface area contributed by atoms with Gasteiger partial charge in [0.05, 0.1) is 12.8 Å². The molecule has 14 heavy (non-hydrogen) atoms. The number of nitrogens with zero attached hydrogens (tertiary/aromatic N) is 1. The molecular formula is C8H9ClN2O3. The Bertz CT molecular complexity index is 317. The minimum absolute atomic E-state index is 0.151. The Morgan fingerprint density at radius 2 is 2.57 bits per heavy atom. The fourth-order valence-electron chi connectivity index (χ4n) is 0.709. The third kappa shape index (κ3) is 3.95. The van der Waals surface area contributed by atoms with E-state index >= 15 is 0 Å². The topological polar surface area (TPSA) is 63.8 Å². The molecule has 0 saturated heterocycles. The first kappa shape index (κ1) is 10.6. The van der Waals surface area contributed by atoms with E-state index in [0.717, 1.165) is 0 Å². The number of hydrogen-bond acceptors (Lipinski definition) is 4. The highest BCUT2D eigenvalue weighted by atomic mass is 35.5. The smallest absolute Gasteiger partial charge is 0.433 e. The number of halogens is 1. The fraction of sp³-hybridized carbons (Fsp3) is 0.250. The Labute approximate surface area is 85.7 Å². The number of carbonyl (C=O) groups is 1. The van der Waals surface area contributed by atoms with Gasteiger partial charge in [0, 0.05) is 0 Å². The summed E-state index contributed by atoms with van der Waals surface area (Å²) in [4.78, 5) is 15.3. The maximum Gasteiger partial charge on any atom is 0.433 e. The van der Waals surface area contributed by atoms with Crippen LogP contribution in [0.2, 0.25) is 0 Å². The minimum Gasteiger partial charge on any atom is -0.467 e. The number of amides is 1. The molecule has 1 aromatic heterocycles. The lowest BCUT2D eigenvalue weighted by Crippen LogP contribution is -2.21. The fourth-order valence-corrected chi connectivity index (χ4v) is 0.744. The van der Waals surface area contributed by atoms with Gasteiger partial charge in [0.25, 0.3) is 0 Å². The van der Waals surface area contributed by atoms with Crippen molar-refractivity contribution >= 4 is 22.9 Å². The second-order valence-corrected chi connectivity index (χ2v) is 2.95. The van der Waals surface area contributed by atoms with Crippen molar-refractivity contribution in [3.8, 4) is 0 Å². The lowest BCUT2D eigenvalue weighted by Gasteiger charge is -1.99. The molecule has 0 aromatic carbocycles. The first-order chi connectivity index (χ1) is 6.68. The SMILES string of the molecule is CC(Cl)=NOC(=O)NCc1ccco1. The molecule has 0 unspecified atom stereocenters. The second-order valence-electron chi connectivity index (χ2n) is 2.40. The van der Waals surface area contributed by atoms with E-state index in [2.05, 4.69) is 15.3 Å². The van der Waals surface area contributed by atoms with Gasteiger partial charge in [0.15, 0.2) is 0 Å². The summed E-state index contributed by atoms with van der Waals surface area (Å²) in [5.41, 5.74) is 0. The van der Waals surface area contributed by atoms with Gasteiger partial charge in [0.1, 0.15) is 10.9 Å².